The van der Waals surface area contributed by atoms with Crippen molar-refractivity contribution in [3.63, 3.8) is 0 Å². The summed E-state index contributed by atoms with van der Waals surface area (Å²) >= 11 is 11.6. The van der Waals surface area contributed by atoms with Crippen molar-refractivity contribution in [2.75, 3.05) is 0 Å². The van der Waals surface area contributed by atoms with Crippen LogP contribution in [-0.2, 0) is 4.79 Å². The topological polar surface area (TPSA) is 17.1 Å². The number of halogens is 2. The Labute approximate surface area is 77.1 Å². The third-order valence-corrected chi connectivity index (χ3v) is 2.90. The van der Waals surface area contributed by atoms with Crippen molar-refractivity contribution in [2.24, 2.45) is 0 Å². The Hall–Kier alpha value is 0.250. The second-order valence-corrected chi connectivity index (χ2v) is 4.03. The molecule has 2 unspecified atom stereocenters. The minimum atomic E-state index is -0.335. The van der Waals surface area contributed by atoms with E-state index in [0.29, 0.717) is 0 Å². The van der Waals surface area contributed by atoms with E-state index in [-0.39, 0.29) is 16.5 Å². The third kappa shape index (κ3) is 2.64. The molecule has 2 atom stereocenters. The zero-order valence-corrected chi connectivity index (χ0v) is 7.87. The van der Waals surface area contributed by atoms with Crippen molar-refractivity contribution < 1.29 is 4.79 Å². The number of hydrogen-bond acceptors (Lipinski definition) is 1. The summed E-state index contributed by atoms with van der Waals surface area (Å²) in [5, 5.41) is -0.671. The molecule has 1 aliphatic carbocycles. The zero-order chi connectivity index (χ0) is 8.27. The molecule has 1 aliphatic rings. The standard InChI is InChI=1S/C8H12Cl2O/c9-6-4-2-1-3-5-7(10)8(6)11/h6-7H,1-5H2. The second kappa shape index (κ2) is 4.32. The van der Waals surface area contributed by atoms with Crippen LogP contribution >= 0.6 is 23.2 Å². The molecule has 0 aromatic carbocycles. The molecule has 0 N–H and O–H groups in total. The van der Waals surface area contributed by atoms with Crippen molar-refractivity contribution in [2.45, 2.75) is 42.9 Å². The van der Waals surface area contributed by atoms with Crippen LogP contribution in [0.4, 0.5) is 0 Å². The van der Waals surface area contributed by atoms with Crippen molar-refractivity contribution in [1.29, 1.82) is 0 Å². The van der Waals surface area contributed by atoms with Crippen molar-refractivity contribution in [3.05, 3.63) is 0 Å². The van der Waals surface area contributed by atoms with E-state index in [1.165, 1.54) is 0 Å². The summed E-state index contributed by atoms with van der Waals surface area (Å²) in [6, 6.07) is 0. The molecule has 0 bridgehead atoms. The summed E-state index contributed by atoms with van der Waals surface area (Å²) in [6.07, 6.45) is 4.86. The highest BCUT2D eigenvalue weighted by Crippen LogP contribution is 2.21. The smallest absolute Gasteiger partial charge is 0.168 e. The number of carbonyl (C=O) groups excluding carboxylic acids is 1. The van der Waals surface area contributed by atoms with Crippen molar-refractivity contribution in [3.8, 4) is 0 Å². The van der Waals surface area contributed by atoms with Gasteiger partial charge in [0, 0.05) is 0 Å². The molecule has 1 nitrogen and oxygen atoms in total. The van der Waals surface area contributed by atoms with Gasteiger partial charge < -0.3 is 0 Å². The summed E-state index contributed by atoms with van der Waals surface area (Å²) in [5.74, 6) is 0.0213. The number of rotatable bonds is 0. The molecule has 0 amide bonds. The Kier molecular flexibility index (Phi) is 3.67. The average molecular weight is 195 g/mol. The molecule has 3 heteroatoms. The fourth-order valence-electron chi connectivity index (χ4n) is 1.30. The minimum Gasteiger partial charge on any atom is -0.296 e. The van der Waals surface area contributed by atoms with Gasteiger partial charge in [0.15, 0.2) is 5.78 Å². The van der Waals surface area contributed by atoms with Gasteiger partial charge in [-0.05, 0) is 12.8 Å². The molecule has 64 valence electrons. The van der Waals surface area contributed by atoms with E-state index in [4.69, 9.17) is 23.2 Å². The lowest BCUT2D eigenvalue weighted by molar-refractivity contribution is -0.118. The Morgan fingerprint density at radius 2 is 1.45 bits per heavy atom. The number of ketones is 1. The molecule has 0 spiro atoms. The number of hydrogen-bond donors (Lipinski definition) is 0. The van der Waals surface area contributed by atoms with Gasteiger partial charge >= 0.3 is 0 Å². The van der Waals surface area contributed by atoms with Crippen LogP contribution in [-0.4, -0.2) is 16.5 Å². The molecule has 0 heterocycles. The van der Waals surface area contributed by atoms with Crippen LogP contribution < -0.4 is 0 Å². The van der Waals surface area contributed by atoms with Gasteiger partial charge in [-0.25, -0.2) is 0 Å². The second-order valence-electron chi connectivity index (χ2n) is 2.98. The summed E-state index contributed by atoms with van der Waals surface area (Å²) < 4.78 is 0. The van der Waals surface area contributed by atoms with E-state index < -0.39 is 0 Å². The first-order valence-electron chi connectivity index (χ1n) is 4.03. The van der Waals surface area contributed by atoms with Crippen LogP contribution in [0.3, 0.4) is 0 Å². The van der Waals surface area contributed by atoms with Crippen LogP contribution in [0.5, 0.6) is 0 Å². The van der Waals surface area contributed by atoms with E-state index in [2.05, 4.69) is 0 Å². The highest BCUT2D eigenvalue weighted by molar-refractivity contribution is 6.40. The van der Waals surface area contributed by atoms with Crippen molar-refractivity contribution in [1.82, 2.24) is 0 Å². The fourth-order valence-corrected chi connectivity index (χ4v) is 1.98. The quantitative estimate of drug-likeness (QED) is 0.543. The first kappa shape index (κ1) is 9.34. The maximum atomic E-state index is 11.2. The molecule has 0 aromatic heterocycles. The van der Waals surface area contributed by atoms with Gasteiger partial charge in [0.1, 0.15) is 0 Å². The summed E-state index contributed by atoms with van der Waals surface area (Å²) in [4.78, 5) is 11.2. The molecule has 11 heavy (non-hydrogen) atoms. The average Bonchev–Trinajstić information content (AvgIpc) is 2.00. The molecule has 0 aromatic rings. The molecular formula is C8H12Cl2O. The summed E-state index contributed by atoms with van der Waals surface area (Å²) in [7, 11) is 0. The SMILES string of the molecule is O=C1C(Cl)CCCCCC1Cl. The van der Waals surface area contributed by atoms with E-state index in [0.717, 1.165) is 32.1 Å². The molecule has 0 aliphatic heterocycles. The van der Waals surface area contributed by atoms with E-state index >= 15 is 0 Å². The summed E-state index contributed by atoms with van der Waals surface area (Å²) in [5.41, 5.74) is 0. The molecule has 0 saturated heterocycles. The Balaban J connectivity index is 2.49. The van der Waals surface area contributed by atoms with Gasteiger partial charge in [0.05, 0.1) is 10.8 Å². The lowest BCUT2D eigenvalue weighted by atomic mass is 9.99. The summed E-state index contributed by atoms with van der Waals surface area (Å²) in [6.45, 7) is 0. The molecule has 1 saturated carbocycles. The van der Waals surface area contributed by atoms with Gasteiger partial charge in [0.2, 0.25) is 0 Å². The first-order chi connectivity index (χ1) is 5.22. The maximum absolute atomic E-state index is 11.2. The molecule has 1 fully saturated rings. The largest absolute Gasteiger partial charge is 0.296 e. The van der Waals surface area contributed by atoms with Gasteiger partial charge in [-0.1, -0.05) is 19.3 Å². The van der Waals surface area contributed by atoms with Crippen LogP contribution in [0.15, 0.2) is 0 Å². The first-order valence-corrected chi connectivity index (χ1v) is 4.91. The van der Waals surface area contributed by atoms with E-state index in [1.54, 1.807) is 0 Å². The van der Waals surface area contributed by atoms with Crippen LogP contribution in [0.25, 0.3) is 0 Å². The normalized spacial score (nSPS) is 34.5. The lowest BCUT2D eigenvalue weighted by Gasteiger charge is -2.16. The van der Waals surface area contributed by atoms with Gasteiger partial charge in [0.25, 0.3) is 0 Å². The van der Waals surface area contributed by atoms with E-state index in [1.807, 2.05) is 0 Å². The highest BCUT2D eigenvalue weighted by atomic mass is 35.5. The van der Waals surface area contributed by atoms with Crippen LogP contribution in [0.2, 0.25) is 0 Å². The fraction of sp³-hybridized carbons (Fsp3) is 0.875. The lowest BCUT2D eigenvalue weighted by Crippen LogP contribution is -2.26. The molecular weight excluding hydrogens is 183 g/mol. The third-order valence-electron chi connectivity index (χ3n) is 2.03. The van der Waals surface area contributed by atoms with Crippen LogP contribution in [0.1, 0.15) is 32.1 Å². The predicted molar refractivity (Wildman–Crippen MR) is 47.4 cm³/mol. The Morgan fingerprint density at radius 1 is 1.00 bits per heavy atom. The van der Waals surface area contributed by atoms with Crippen LogP contribution in [0, 0.1) is 0 Å². The number of Topliss-reactive ketones (excluding diaryl/α,β-unsaturated/α-hetero) is 1. The van der Waals surface area contributed by atoms with Gasteiger partial charge in [-0.15, -0.1) is 23.2 Å². The Morgan fingerprint density at radius 3 is 1.91 bits per heavy atom. The monoisotopic (exact) mass is 194 g/mol. The van der Waals surface area contributed by atoms with Gasteiger partial charge in [-0.2, -0.15) is 0 Å². The minimum absolute atomic E-state index is 0.0213. The van der Waals surface area contributed by atoms with E-state index in [9.17, 15) is 4.79 Å². The Bertz CT molecular complexity index is 133. The molecule has 0 radical (unpaired) electrons. The highest BCUT2D eigenvalue weighted by Gasteiger charge is 2.24. The number of alkyl halides is 2. The van der Waals surface area contributed by atoms with Gasteiger partial charge in [-0.3, -0.25) is 4.79 Å². The maximum Gasteiger partial charge on any atom is 0.168 e. The van der Waals surface area contributed by atoms with Crippen molar-refractivity contribution >= 4 is 29.0 Å². The number of carbonyl (C=O) groups is 1. The zero-order valence-electron chi connectivity index (χ0n) is 6.35. The predicted octanol–water partition coefficient (Wildman–Crippen LogP) is 2.73. The molecule has 1 rings (SSSR count).